The van der Waals surface area contributed by atoms with Gasteiger partial charge in [0.1, 0.15) is 11.0 Å². The van der Waals surface area contributed by atoms with Gasteiger partial charge in [0, 0.05) is 17.5 Å². The number of rotatable bonds is 7. The van der Waals surface area contributed by atoms with E-state index < -0.39 is 22.0 Å². The molecule has 1 unspecified atom stereocenters. The highest BCUT2D eigenvalue weighted by Gasteiger charge is 2.21. The summed E-state index contributed by atoms with van der Waals surface area (Å²) in [6.45, 7) is 1.63. The molecule has 114 valence electrons. The fraction of sp³-hybridized carbons (Fsp3) is 0.385. The molecule has 0 fully saturated rings. The molecule has 1 atom stereocenters. The van der Waals surface area contributed by atoms with Gasteiger partial charge in [-0.3, -0.25) is 4.79 Å². The maximum atomic E-state index is 12.2. The molecule has 0 bridgehead atoms. The zero-order valence-corrected chi connectivity index (χ0v) is 12.9. The lowest BCUT2D eigenvalue weighted by molar-refractivity contribution is -0.137. The van der Waals surface area contributed by atoms with Crippen LogP contribution >= 0.6 is 11.6 Å². The summed E-state index contributed by atoms with van der Waals surface area (Å²) in [5.41, 5.74) is 0.00429. The van der Waals surface area contributed by atoms with E-state index in [1.54, 1.807) is 13.0 Å². The van der Waals surface area contributed by atoms with Crippen LogP contribution in [0.5, 0.6) is 0 Å². The average molecular weight is 331 g/mol. The number of halogens is 1. The topological polar surface area (TPSA) is 107 Å². The Hall–Kier alpha value is -1.62. The Morgan fingerprint density at radius 3 is 2.76 bits per heavy atom. The first kappa shape index (κ1) is 17.4. The molecule has 0 spiro atoms. The van der Waals surface area contributed by atoms with Gasteiger partial charge in [0.15, 0.2) is 0 Å². The average Bonchev–Trinajstić information content (AvgIpc) is 2.37. The van der Waals surface area contributed by atoms with Crippen molar-refractivity contribution < 1.29 is 18.3 Å². The molecular formula is C13H15ClN2O4S. The monoisotopic (exact) mass is 330 g/mol. The Balaban J connectivity index is 2.85. The fourth-order valence-electron chi connectivity index (χ4n) is 1.76. The third-order valence-electron chi connectivity index (χ3n) is 2.74. The molecule has 2 N–H and O–H groups in total. The van der Waals surface area contributed by atoms with Gasteiger partial charge in [-0.25, -0.2) is 13.1 Å². The molecule has 0 aliphatic rings. The van der Waals surface area contributed by atoms with Crippen LogP contribution in [0.15, 0.2) is 23.1 Å². The molecule has 1 rings (SSSR count). The first-order valence-corrected chi connectivity index (χ1v) is 8.06. The lowest BCUT2D eigenvalue weighted by Gasteiger charge is -2.14. The number of carboxylic acid groups (broad SMARTS) is 1. The summed E-state index contributed by atoms with van der Waals surface area (Å²) >= 11 is 5.77. The molecule has 21 heavy (non-hydrogen) atoms. The van der Waals surface area contributed by atoms with Gasteiger partial charge in [-0.05, 0) is 38.0 Å². The summed E-state index contributed by atoms with van der Waals surface area (Å²) in [5.74, 6) is -0.924. The largest absolute Gasteiger partial charge is 0.481 e. The van der Waals surface area contributed by atoms with Crippen molar-refractivity contribution in [2.45, 2.75) is 37.1 Å². The second kappa shape index (κ2) is 7.41. The van der Waals surface area contributed by atoms with Gasteiger partial charge >= 0.3 is 5.97 Å². The molecule has 0 radical (unpaired) electrons. The number of hydrogen-bond acceptors (Lipinski definition) is 4. The molecule has 0 heterocycles. The molecule has 0 aliphatic carbocycles. The Bertz CT molecular complexity index is 667. The molecule has 0 saturated carbocycles. The lowest BCUT2D eigenvalue weighted by atomic mass is 10.1. The number of sulfonamides is 1. The van der Waals surface area contributed by atoms with Crippen molar-refractivity contribution in [2.75, 3.05) is 0 Å². The predicted octanol–water partition coefficient (Wildman–Crippen LogP) is 2.13. The van der Waals surface area contributed by atoms with Crippen molar-refractivity contribution in [3.8, 4) is 6.07 Å². The Morgan fingerprint density at radius 1 is 1.52 bits per heavy atom. The molecule has 0 aromatic heterocycles. The Labute approximate surface area is 128 Å². The van der Waals surface area contributed by atoms with E-state index in [9.17, 15) is 13.2 Å². The quantitative estimate of drug-likeness (QED) is 0.796. The maximum absolute atomic E-state index is 12.2. The molecule has 8 heteroatoms. The summed E-state index contributed by atoms with van der Waals surface area (Å²) in [7, 11) is -3.88. The zero-order valence-electron chi connectivity index (χ0n) is 11.3. The third kappa shape index (κ3) is 5.34. The van der Waals surface area contributed by atoms with E-state index in [4.69, 9.17) is 22.0 Å². The highest BCUT2D eigenvalue weighted by Crippen LogP contribution is 2.20. The fourth-order valence-corrected chi connectivity index (χ4v) is 3.45. The van der Waals surface area contributed by atoms with Crippen molar-refractivity contribution in [3.05, 3.63) is 28.8 Å². The Kier molecular flexibility index (Phi) is 6.15. The normalized spacial score (nSPS) is 12.6. The number of nitrogens with zero attached hydrogens (tertiary/aromatic N) is 1. The summed E-state index contributed by atoms with van der Waals surface area (Å²) in [5, 5.41) is 17.7. The minimum absolute atomic E-state index is 0.00429. The van der Waals surface area contributed by atoms with E-state index in [2.05, 4.69) is 4.72 Å². The maximum Gasteiger partial charge on any atom is 0.303 e. The molecule has 1 aromatic carbocycles. The van der Waals surface area contributed by atoms with Crippen molar-refractivity contribution in [3.63, 3.8) is 0 Å². The predicted molar refractivity (Wildman–Crippen MR) is 77.4 cm³/mol. The van der Waals surface area contributed by atoms with Crippen LogP contribution in [-0.4, -0.2) is 25.5 Å². The van der Waals surface area contributed by atoms with Crippen LogP contribution in [0.3, 0.4) is 0 Å². The number of nitrogens with one attached hydrogen (secondary N) is 1. The zero-order chi connectivity index (χ0) is 16.0. The summed E-state index contributed by atoms with van der Waals surface area (Å²) < 4.78 is 26.9. The van der Waals surface area contributed by atoms with Crippen LogP contribution in [0, 0.1) is 11.3 Å². The minimum Gasteiger partial charge on any atom is -0.481 e. The van der Waals surface area contributed by atoms with Crippen LogP contribution in [0.2, 0.25) is 5.02 Å². The number of hydrogen-bond donors (Lipinski definition) is 2. The van der Waals surface area contributed by atoms with E-state index in [0.717, 1.165) is 0 Å². The van der Waals surface area contributed by atoms with Crippen LogP contribution < -0.4 is 4.72 Å². The van der Waals surface area contributed by atoms with Crippen molar-refractivity contribution in [2.24, 2.45) is 0 Å². The Morgan fingerprint density at radius 2 is 2.19 bits per heavy atom. The van der Waals surface area contributed by atoms with Gasteiger partial charge in [-0.15, -0.1) is 0 Å². The van der Waals surface area contributed by atoms with Gasteiger partial charge in [-0.2, -0.15) is 5.26 Å². The highest BCUT2D eigenvalue weighted by molar-refractivity contribution is 7.89. The second-order valence-electron chi connectivity index (χ2n) is 4.56. The third-order valence-corrected chi connectivity index (χ3v) is 4.60. The minimum atomic E-state index is -3.88. The van der Waals surface area contributed by atoms with Gasteiger partial charge < -0.3 is 5.11 Å². The number of benzene rings is 1. The number of nitriles is 1. The molecule has 0 saturated heterocycles. The SMILES string of the molecule is CC(CCCC(=O)O)NS(=O)(=O)c1cc(Cl)ccc1C#N. The first-order valence-electron chi connectivity index (χ1n) is 6.20. The standard InChI is InChI=1S/C13H15ClN2O4S/c1-9(3-2-4-13(17)18)16-21(19,20)12-7-11(14)6-5-10(12)8-15/h5-7,9,16H,2-4H2,1H3,(H,17,18). The van der Waals surface area contributed by atoms with E-state index >= 15 is 0 Å². The number of carbonyl (C=O) groups is 1. The summed E-state index contributed by atoms with van der Waals surface area (Å²) in [6.07, 6.45) is 0.723. The van der Waals surface area contributed by atoms with Crippen LogP contribution in [-0.2, 0) is 14.8 Å². The number of aliphatic carboxylic acids is 1. The van der Waals surface area contributed by atoms with Crippen LogP contribution in [0.1, 0.15) is 31.7 Å². The van der Waals surface area contributed by atoms with Crippen molar-refractivity contribution >= 4 is 27.6 Å². The van der Waals surface area contributed by atoms with Crippen LogP contribution in [0.25, 0.3) is 0 Å². The first-order chi connectivity index (χ1) is 9.76. The van der Waals surface area contributed by atoms with Gasteiger partial charge in [0.2, 0.25) is 10.0 Å². The van der Waals surface area contributed by atoms with E-state index in [0.29, 0.717) is 12.8 Å². The van der Waals surface area contributed by atoms with E-state index in [1.165, 1.54) is 18.2 Å². The number of carboxylic acids is 1. The summed E-state index contributed by atoms with van der Waals surface area (Å²) in [4.78, 5) is 10.2. The van der Waals surface area contributed by atoms with Crippen molar-refractivity contribution in [1.82, 2.24) is 4.72 Å². The second-order valence-corrected chi connectivity index (χ2v) is 6.68. The molecule has 1 aromatic rings. The molecular weight excluding hydrogens is 316 g/mol. The smallest absolute Gasteiger partial charge is 0.303 e. The van der Waals surface area contributed by atoms with Gasteiger partial charge in [0.25, 0.3) is 0 Å². The van der Waals surface area contributed by atoms with Crippen molar-refractivity contribution in [1.29, 1.82) is 5.26 Å². The molecule has 6 nitrogen and oxygen atoms in total. The highest BCUT2D eigenvalue weighted by atomic mass is 35.5. The van der Waals surface area contributed by atoms with E-state index in [1.807, 2.05) is 0 Å². The molecule has 0 amide bonds. The van der Waals surface area contributed by atoms with Gasteiger partial charge in [-0.1, -0.05) is 11.6 Å². The summed E-state index contributed by atoms with van der Waals surface area (Å²) in [6, 6.07) is 5.35. The lowest BCUT2D eigenvalue weighted by Crippen LogP contribution is -2.33. The van der Waals surface area contributed by atoms with E-state index in [-0.39, 0.29) is 21.9 Å². The van der Waals surface area contributed by atoms with Crippen LogP contribution in [0.4, 0.5) is 0 Å². The molecule has 0 aliphatic heterocycles. The van der Waals surface area contributed by atoms with Gasteiger partial charge in [0.05, 0.1) is 5.56 Å².